The molecule has 1 aromatic rings. The second-order valence-corrected chi connectivity index (χ2v) is 6.21. The van der Waals surface area contributed by atoms with Crippen LogP contribution in [0.1, 0.15) is 5.56 Å². The molecule has 0 spiro atoms. The Morgan fingerprint density at radius 1 is 1.09 bits per heavy atom. The molecule has 1 aromatic carbocycles. The number of hydrogen-bond donors (Lipinski definition) is 0. The first kappa shape index (κ1) is 14.3. The van der Waals surface area contributed by atoms with Crippen LogP contribution in [0.3, 0.4) is 0 Å². The van der Waals surface area contributed by atoms with Gasteiger partial charge in [-0.1, -0.05) is 6.07 Å². The Kier molecular flexibility index (Phi) is 14.0. The average molecular weight is 308 g/mol. The van der Waals surface area contributed by atoms with Crippen molar-refractivity contribution in [2.45, 2.75) is 0 Å². The molecule has 11 heavy (non-hydrogen) atoms. The van der Waals surface area contributed by atoms with E-state index in [1.165, 1.54) is 0 Å². The molecule has 0 nitrogen and oxygen atoms in total. The van der Waals surface area contributed by atoms with Crippen LogP contribution in [0.5, 0.6) is 0 Å². The molecule has 0 amide bonds. The van der Waals surface area contributed by atoms with Gasteiger partial charge < -0.3 is 0 Å². The van der Waals surface area contributed by atoms with E-state index in [1.54, 1.807) is 0 Å². The zero-order valence-electron chi connectivity index (χ0n) is 5.97. The summed E-state index contributed by atoms with van der Waals surface area (Å²) in [6.45, 7) is 3.72. The van der Waals surface area contributed by atoms with Crippen LogP contribution >= 0.6 is 36.4 Å². The number of benzene rings is 1. The van der Waals surface area contributed by atoms with E-state index in [0.29, 0.717) is 0 Å². The van der Waals surface area contributed by atoms with Gasteiger partial charge in [0.15, 0.2) is 0 Å². The third-order valence-electron chi connectivity index (χ3n) is 0.843. The molecule has 0 radical (unpaired) electrons. The van der Waals surface area contributed by atoms with E-state index >= 15 is 0 Å². The Labute approximate surface area is 93.7 Å². The van der Waals surface area contributed by atoms with E-state index in [1.807, 2.05) is 30.3 Å². The third-order valence-corrected chi connectivity index (χ3v) is 0.843. The van der Waals surface area contributed by atoms with Crippen molar-refractivity contribution in [1.29, 1.82) is 0 Å². The van der Waals surface area contributed by atoms with Crippen molar-refractivity contribution in [1.82, 2.24) is 0 Å². The fourth-order valence-corrected chi connectivity index (χ4v) is 0.478. The summed E-state index contributed by atoms with van der Waals surface area (Å²) in [6, 6.07) is 9.87. The maximum atomic E-state index is 4.95. The van der Waals surface area contributed by atoms with Gasteiger partial charge in [-0.3, -0.25) is 0 Å². The molecule has 0 saturated heterocycles. The molecule has 0 saturated carbocycles. The summed E-state index contributed by atoms with van der Waals surface area (Å²) >= 11 is -0.931. The first-order valence-electron chi connectivity index (χ1n) is 2.80. The van der Waals surface area contributed by atoms with Gasteiger partial charge >= 0.3 is 34.5 Å². The molecule has 0 atom stereocenters. The summed E-state index contributed by atoms with van der Waals surface area (Å²) in [5.74, 6) is 0. The van der Waals surface area contributed by atoms with Gasteiger partial charge in [0.05, 0.1) is 0 Å². The van der Waals surface area contributed by atoms with Crippen molar-refractivity contribution >= 4 is 36.4 Å². The molecular weight excluding hydrogens is 300 g/mol. The summed E-state index contributed by atoms with van der Waals surface area (Å²) in [6.07, 6.45) is 0. The van der Waals surface area contributed by atoms with Crippen LogP contribution in [-0.4, -0.2) is 0 Å². The Balaban J connectivity index is 0. The van der Waals surface area contributed by atoms with Crippen LogP contribution < -0.4 is 0 Å². The predicted molar refractivity (Wildman–Crippen MR) is 52.9 cm³/mol. The van der Waals surface area contributed by atoms with E-state index < -0.39 is 15.1 Å². The van der Waals surface area contributed by atoms with Gasteiger partial charge in [-0.25, -0.2) is 0 Å². The summed E-state index contributed by atoms with van der Waals surface area (Å²) in [7, 11) is 9.90. The van der Waals surface area contributed by atoms with Crippen molar-refractivity contribution in [2.24, 2.45) is 0 Å². The van der Waals surface area contributed by atoms with Crippen LogP contribution in [0.4, 0.5) is 0 Å². The van der Waals surface area contributed by atoms with E-state index in [9.17, 15) is 0 Å². The van der Waals surface area contributed by atoms with E-state index in [4.69, 9.17) is 19.4 Å². The predicted octanol–water partition coefficient (Wildman–Crippen LogP) is 3.82. The fourth-order valence-electron chi connectivity index (χ4n) is 0.478. The van der Waals surface area contributed by atoms with E-state index in [0.717, 1.165) is 5.56 Å². The molecule has 0 aromatic heterocycles. The SMILES string of the molecule is Br.[CH2-]c1ccccc1.[Cl][Zn][Cl]. The second kappa shape index (κ2) is 10.8. The second-order valence-electron chi connectivity index (χ2n) is 1.59. The van der Waals surface area contributed by atoms with E-state index in [-0.39, 0.29) is 17.0 Å². The zero-order chi connectivity index (χ0) is 7.82. The van der Waals surface area contributed by atoms with Gasteiger partial charge in [0.2, 0.25) is 0 Å². The monoisotopic (exact) mass is 305 g/mol. The Morgan fingerprint density at radius 3 is 1.64 bits per heavy atom. The Bertz CT molecular complexity index is 158. The fraction of sp³-hybridized carbons (Fsp3) is 0. The first-order chi connectivity index (χ1) is 4.81. The zero-order valence-corrected chi connectivity index (χ0v) is 12.2. The average Bonchev–Trinajstić information content (AvgIpc) is 1.91. The topological polar surface area (TPSA) is 0 Å². The minimum absolute atomic E-state index is 0. The maximum absolute atomic E-state index is 4.95. The normalized spacial score (nSPS) is 6.36. The van der Waals surface area contributed by atoms with Gasteiger partial charge in [0, 0.05) is 0 Å². The Hall–Kier alpha value is 0.773. The van der Waals surface area contributed by atoms with Gasteiger partial charge in [-0.05, 0) is 0 Å². The van der Waals surface area contributed by atoms with Crippen LogP contribution in [0.2, 0.25) is 0 Å². The molecule has 0 unspecified atom stereocenters. The Morgan fingerprint density at radius 2 is 1.45 bits per heavy atom. The van der Waals surface area contributed by atoms with Gasteiger partial charge in [0.25, 0.3) is 0 Å². The molecule has 0 N–H and O–H groups in total. The number of rotatable bonds is 0. The van der Waals surface area contributed by atoms with Gasteiger partial charge in [-0.15, -0.1) is 29.1 Å². The molecule has 0 aliphatic heterocycles. The van der Waals surface area contributed by atoms with Crippen LogP contribution in [0, 0.1) is 6.92 Å². The minimum atomic E-state index is -0.931. The summed E-state index contributed by atoms with van der Waals surface area (Å²) in [5, 5.41) is 0. The molecule has 1 rings (SSSR count). The molecule has 0 aliphatic carbocycles. The van der Waals surface area contributed by atoms with Crippen LogP contribution in [0.15, 0.2) is 30.3 Å². The molecular formula is C7H8BrCl2Zn-. The molecule has 0 heterocycles. The van der Waals surface area contributed by atoms with Gasteiger partial charge in [0.1, 0.15) is 0 Å². The molecule has 60 valence electrons. The number of halogens is 3. The van der Waals surface area contributed by atoms with Crippen molar-refractivity contribution in [3.63, 3.8) is 0 Å². The van der Waals surface area contributed by atoms with Gasteiger partial charge in [-0.2, -0.15) is 24.6 Å². The number of hydrogen-bond acceptors (Lipinski definition) is 0. The van der Waals surface area contributed by atoms with Crippen molar-refractivity contribution < 1.29 is 15.1 Å². The molecule has 0 aliphatic rings. The quantitative estimate of drug-likeness (QED) is 0.505. The van der Waals surface area contributed by atoms with Crippen LogP contribution in [0.25, 0.3) is 0 Å². The molecule has 4 heteroatoms. The molecule has 0 fully saturated rings. The third kappa shape index (κ3) is 10.8. The summed E-state index contributed by atoms with van der Waals surface area (Å²) < 4.78 is 0. The summed E-state index contributed by atoms with van der Waals surface area (Å²) in [5.41, 5.74) is 1.07. The van der Waals surface area contributed by atoms with E-state index in [2.05, 4.69) is 6.92 Å². The first-order valence-corrected chi connectivity index (χ1v) is 10.6. The van der Waals surface area contributed by atoms with Crippen molar-refractivity contribution in [3.8, 4) is 0 Å². The van der Waals surface area contributed by atoms with Crippen molar-refractivity contribution in [3.05, 3.63) is 42.8 Å². The standard InChI is InChI=1S/C7H7.BrH.2ClH.Zn/c1-7-5-3-2-4-6-7;;;;/h2-6H,1H2;3*1H;/q-1;;;;+2/p-2. The van der Waals surface area contributed by atoms with Crippen LogP contribution in [-0.2, 0) is 15.1 Å². The summed E-state index contributed by atoms with van der Waals surface area (Å²) in [4.78, 5) is 0. The molecule has 0 bridgehead atoms. The van der Waals surface area contributed by atoms with Crippen molar-refractivity contribution in [2.75, 3.05) is 0 Å².